The van der Waals surface area contributed by atoms with E-state index in [4.69, 9.17) is 9.47 Å². The quantitative estimate of drug-likeness (QED) is 0.723. The van der Waals surface area contributed by atoms with Crippen molar-refractivity contribution >= 4 is 16.8 Å². The van der Waals surface area contributed by atoms with Gasteiger partial charge in [-0.25, -0.2) is 0 Å². The summed E-state index contributed by atoms with van der Waals surface area (Å²) in [6.07, 6.45) is 0.711. The van der Waals surface area contributed by atoms with Gasteiger partial charge in [-0.2, -0.15) is 0 Å². The molecule has 3 aromatic rings. The Morgan fingerprint density at radius 1 is 1.12 bits per heavy atom. The number of amides is 1. The van der Waals surface area contributed by atoms with Crippen molar-refractivity contribution in [2.45, 2.75) is 13.3 Å². The van der Waals surface area contributed by atoms with Gasteiger partial charge in [0.2, 0.25) is 0 Å². The number of para-hydroxylation sites is 1. The number of fused-ring (bicyclic) bond motifs is 1. The molecule has 0 saturated heterocycles. The van der Waals surface area contributed by atoms with E-state index in [2.05, 4.69) is 10.3 Å². The Morgan fingerprint density at radius 3 is 2.68 bits per heavy atom. The van der Waals surface area contributed by atoms with Gasteiger partial charge in [0.05, 0.1) is 14.2 Å². The van der Waals surface area contributed by atoms with E-state index >= 15 is 0 Å². The number of carbonyl (C=O) groups excluding carboxylic acids is 1. The van der Waals surface area contributed by atoms with Crippen LogP contribution in [0.3, 0.4) is 0 Å². The molecule has 0 spiro atoms. The molecule has 1 amide bonds. The lowest BCUT2D eigenvalue weighted by molar-refractivity contribution is 0.0949. The van der Waals surface area contributed by atoms with Gasteiger partial charge in [-0.1, -0.05) is 18.2 Å². The van der Waals surface area contributed by atoms with E-state index in [1.165, 1.54) is 0 Å². The van der Waals surface area contributed by atoms with Gasteiger partial charge in [-0.05, 0) is 48.7 Å². The van der Waals surface area contributed by atoms with Crippen LogP contribution in [-0.2, 0) is 6.42 Å². The molecule has 1 aromatic heterocycles. The standard InChI is InChI=1S/C20H22N2O3/c1-13-16-12-15(24-2)8-9-17(16)22-19(13)20(23)21-11-10-14-6-4-5-7-18(14)25-3/h4-9,12,22H,10-11H2,1-3H3,(H,21,23). The SMILES string of the molecule is COc1ccc2[nH]c(C(=O)NCCc3ccccc3OC)c(C)c2c1. The second-order valence-electron chi connectivity index (χ2n) is 5.85. The highest BCUT2D eigenvalue weighted by atomic mass is 16.5. The Kier molecular flexibility index (Phi) is 4.93. The number of nitrogens with one attached hydrogen (secondary N) is 2. The fourth-order valence-electron chi connectivity index (χ4n) is 2.97. The van der Waals surface area contributed by atoms with Crippen molar-refractivity contribution in [3.8, 4) is 11.5 Å². The Morgan fingerprint density at radius 2 is 1.92 bits per heavy atom. The van der Waals surface area contributed by atoms with Crippen molar-refractivity contribution in [3.63, 3.8) is 0 Å². The topological polar surface area (TPSA) is 63.4 Å². The summed E-state index contributed by atoms with van der Waals surface area (Å²) in [5.41, 5.74) is 3.50. The minimum Gasteiger partial charge on any atom is -0.497 e. The highest BCUT2D eigenvalue weighted by Crippen LogP contribution is 2.26. The highest BCUT2D eigenvalue weighted by Gasteiger charge is 2.15. The lowest BCUT2D eigenvalue weighted by Crippen LogP contribution is -2.26. The van der Waals surface area contributed by atoms with E-state index in [0.717, 1.165) is 33.5 Å². The van der Waals surface area contributed by atoms with Crippen LogP contribution in [-0.4, -0.2) is 31.7 Å². The molecule has 0 atom stereocenters. The number of aryl methyl sites for hydroxylation is 1. The summed E-state index contributed by atoms with van der Waals surface area (Å²) in [7, 11) is 3.29. The van der Waals surface area contributed by atoms with E-state index in [9.17, 15) is 4.79 Å². The first-order valence-electron chi connectivity index (χ1n) is 8.20. The number of hydrogen-bond donors (Lipinski definition) is 2. The van der Waals surface area contributed by atoms with Gasteiger partial charge >= 0.3 is 0 Å². The number of H-pyrrole nitrogens is 1. The van der Waals surface area contributed by atoms with Crippen LogP contribution >= 0.6 is 0 Å². The maximum Gasteiger partial charge on any atom is 0.268 e. The largest absolute Gasteiger partial charge is 0.497 e. The first kappa shape index (κ1) is 16.9. The number of rotatable bonds is 6. The number of methoxy groups -OCH3 is 2. The van der Waals surface area contributed by atoms with E-state index in [1.54, 1.807) is 14.2 Å². The van der Waals surface area contributed by atoms with E-state index in [1.807, 2.05) is 49.4 Å². The summed E-state index contributed by atoms with van der Waals surface area (Å²) in [6.45, 7) is 2.48. The fraction of sp³-hybridized carbons (Fsp3) is 0.250. The van der Waals surface area contributed by atoms with E-state index < -0.39 is 0 Å². The molecule has 25 heavy (non-hydrogen) atoms. The maximum absolute atomic E-state index is 12.5. The smallest absolute Gasteiger partial charge is 0.268 e. The molecule has 0 aliphatic rings. The molecule has 2 N–H and O–H groups in total. The van der Waals surface area contributed by atoms with Gasteiger partial charge in [-0.3, -0.25) is 4.79 Å². The number of benzene rings is 2. The minimum atomic E-state index is -0.109. The number of carbonyl (C=O) groups is 1. The van der Waals surface area contributed by atoms with Crippen molar-refractivity contribution in [3.05, 3.63) is 59.3 Å². The second kappa shape index (κ2) is 7.30. The highest BCUT2D eigenvalue weighted by molar-refractivity contribution is 6.01. The third-order valence-electron chi connectivity index (χ3n) is 4.36. The Labute approximate surface area is 147 Å². The molecular weight excluding hydrogens is 316 g/mol. The zero-order chi connectivity index (χ0) is 17.8. The zero-order valence-electron chi connectivity index (χ0n) is 14.7. The van der Waals surface area contributed by atoms with Crippen LogP contribution in [0.4, 0.5) is 0 Å². The third kappa shape index (κ3) is 3.45. The molecule has 5 nitrogen and oxygen atoms in total. The molecule has 2 aromatic carbocycles. The number of hydrogen-bond acceptors (Lipinski definition) is 3. The Balaban J connectivity index is 1.71. The molecular formula is C20H22N2O3. The zero-order valence-corrected chi connectivity index (χ0v) is 14.7. The minimum absolute atomic E-state index is 0.109. The average molecular weight is 338 g/mol. The molecule has 0 aliphatic carbocycles. The first-order valence-corrected chi connectivity index (χ1v) is 8.20. The lowest BCUT2D eigenvalue weighted by Gasteiger charge is -2.09. The predicted molar refractivity (Wildman–Crippen MR) is 98.6 cm³/mol. The van der Waals surface area contributed by atoms with E-state index in [-0.39, 0.29) is 5.91 Å². The summed E-state index contributed by atoms with van der Waals surface area (Å²) >= 11 is 0. The maximum atomic E-state index is 12.5. The number of aromatic amines is 1. The van der Waals surface area contributed by atoms with Gasteiger partial charge in [-0.15, -0.1) is 0 Å². The van der Waals surface area contributed by atoms with Gasteiger partial charge in [0.15, 0.2) is 0 Å². The van der Waals surface area contributed by atoms with Crippen LogP contribution in [0.5, 0.6) is 11.5 Å². The van der Waals surface area contributed by atoms with Crippen molar-refractivity contribution in [1.29, 1.82) is 0 Å². The number of ether oxygens (including phenoxy) is 2. The summed E-state index contributed by atoms with van der Waals surface area (Å²) < 4.78 is 10.6. The molecule has 3 rings (SSSR count). The first-order chi connectivity index (χ1) is 12.1. The van der Waals surface area contributed by atoms with E-state index in [0.29, 0.717) is 18.7 Å². The van der Waals surface area contributed by atoms with Crippen molar-refractivity contribution < 1.29 is 14.3 Å². The molecule has 0 fully saturated rings. The van der Waals surface area contributed by atoms with Gasteiger partial charge in [0.1, 0.15) is 17.2 Å². The Bertz CT molecular complexity index is 899. The number of aromatic nitrogens is 1. The molecule has 0 aliphatic heterocycles. The third-order valence-corrected chi connectivity index (χ3v) is 4.36. The fourth-order valence-corrected chi connectivity index (χ4v) is 2.97. The normalized spacial score (nSPS) is 10.7. The summed E-state index contributed by atoms with van der Waals surface area (Å²) in [6, 6.07) is 13.6. The van der Waals surface area contributed by atoms with Gasteiger partial charge in [0, 0.05) is 17.4 Å². The van der Waals surface area contributed by atoms with Crippen LogP contribution < -0.4 is 14.8 Å². The van der Waals surface area contributed by atoms with Crippen LogP contribution in [0.1, 0.15) is 21.6 Å². The molecule has 0 bridgehead atoms. The van der Waals surface area contributed by atoms with Gasteiger partial charge in [0.25, 0.3) is 5.91 Å². The summed E-state index contributed by atoms with van der Waals surface area (Å²) in [4.78, 5) is 15.7. The summed E-state index contributed by atoms with van der Waals surface area (Å²) in [5, 5.41) is 3.97. The van der Waals surface area contributed by atoms with Crippen LogP contribution in [0.2, 0.25) is 0 Å². The summed E-state index contributed by atoms with van der Waals surface area (Å²) in [5.74, 6) is 1.51. The molecule has 130 valence electrons. The molecule has 5 heteroatoms. The molecule has 0 radical (unpaired) electrons. The second-order valence-corrected chi connectivity index (χ2v) is 5.85. The van der Waals surface area contributed by atoms with Crippen molar-refractivity contribution in [1.82, 2.24) is 10.3 Å². The van der Waals surface area contributed by atoms with Crippen LogP contribution in [0.25, 0.3) is 10.9 Å². The lowest BCUT2D eigenvalue weighted by atomic mass is 10.1. The molecule has 0 unspecified atom stereocenters. The average Bonchev–Trinajstić information content (AvgIpc) is 2.98. The van der Waals surface area contributed by atoms with Crippen molar-refractivity contribution in [2.24, 2.45) is 0 Å². The monoisotopic (exact) mass is 338 g/mol. The Hall–Kier alpha value is -2.95. The van der Waals surface area contributed by atoms with Crippen molar-refractivity contribution in [2.75, 3.05) is 20.8 Å². The molecule has 0 saturated carbocycles. The molecule has 1 heterocycles. The predicted octanol–water partition coefficient (Wildman–Crippen LogP) is 3.47. The van der Waals surface area contributed by atoms with Crippen LogP contribution in [0.15, 0.2) is 42.5 Å². The van der Waals surface area contributed by atoms with Crippen LogP contribution in [0, 0.1) is 6.92 Å². The van der Waals surface area contributed by atoms with Gasteiger partial charge < -0.3 is 19.8 Å².